The standard InChI is InChI=1S/C19H15N3O5/c1-12-7-8-15(16(10-12)22(25)26)21-18(23)13-4-2-5-14(11-13)20-19(24)17-6-3-9-27-17/h2-11H,1H3,(H,20,24)(H,21,23). The third-order valence-corrected chi connectivity index (χ3v) is 3.73. The third kappa shape index (κ3) is 4.18. The summed E-state index contributed by atoms with van der Waals surface area (Å²) >= 11 is 0. The van der Waals surface area contributed by atoms with Crippen molar-refractivity contribution in [2.75, 3.05) is 10.6 Å². The van der Waals surface area contributed by atoms with E-state index in [0.717, 1.165) is 0 Å². The van der Waals surface area contributed by atoms with Gasteiger partial charge in [-0.05, 0) is 48.9 Å². The van der Waals surface area contributed by atoms with E-state index >= 15 is 0 Å². The van der Waals surface area contributed by atoms with Crippen molar-refractivity contribution >= 4 is 28.9 Å². The molecule has 0 aliphatic rings. The van der Waals surface area contributed by atoms with E-state index in [1.807, 2.05) is 0 Å². The summed E-state index contributed by atoms with van der Waals surface area (Å²) in [4.78, 5) is 35.1. The molecule has 0 saturated heterocycles. The number of carbonyl (C=O) groups is 2. The Morgan fingerprint density at radius 1 is 1.00 bits per heavy atom. The molecule has 2 N–H and O–H groups in total. The number of hydrogen-bond acceptors (Lipinski definition) is 5. The number of amides is 2. The fourth-order valence-electron chi connectivity index (χ4n) is 2.43. The van der Waals surface area contributed by atoms with Crippen molar-refractivity contribution < 1.29 is 18.9 Å². The van der Waals surface area contributed by atoms with E-state index in [1.165, 1.54) is 36.6 Å². The molecule has 8 nitrogen and oxygen atoms in total. The van der Waals surface area contributed by atoms with Crippen molar-refractivity contribution in [1.82, 2.24) is 0 Å². The van der Waals surface area contributed by atoms with Crippen molar-refractivity contribution in [2.24, 2.45) is 0 Å². The first-order valence-electron chi connectivity index (χ1n) is 7.95. The molecule has 3 aromatic rings. The van der Waals surface area contributed by atoms with Gasteiger partial charge in [-0.1, -0.05) is 12.1 Å². The van der Waals surface area contributed by atoms with Crippen LogP contribution in [0.4, 0.5) is 17.1 Å². The highest BCUT2D eigenvalue weighted by Gasteiger charge is 2.17. The van der Waals surface area contributed by atoms with Gasteiger partial charge >= 0.3 is 0 Å². The third-order valence-electron chi connectivity index (χ3n) is 3.73. The molecular weight excluding hydrogens is 350 g/mol. The molecule has 0 spiro atoms. The Bertz CT molecular complexity index is 1010. The molecule has 0 aliphatic carbocycles. The van der Waals surface area contributed by atoms with Crippen LogP contribution in [0.25, 0.3) is 0 Å². The maximum absolute atomic E-state index is 12.5. The van der Waals surface area contributed by atoms with Crippen LogP contribution in [0.3, 0.4) is 0 Å². The lowest BCUT2D eigenvalue weighted by atomic mass is 10.1. The molecule has 0 radical (unpaired) electrons. The Balaban J connectivity index is 1.78. The highest BCUT2D eigenvalue weighted by Crippen LogP contribution is 2.26. The van der Waals surface area contributed by atoms with E-state index < -0.39 is 16.7 Å². The van der Waals surface area contributed by atoms with Crippen LogP contribution in [0.2, 0.25) is 0 Å². The molecule has 0 saturated carbocycles. The summed E-state index contributed by atoms with van der Waals surface area (Å²) in [5.74, 6) is -0.845. The van der Waals surface area contributed by atoms with Crippen molar-refractivity contribution in [2.45, 2.75) is 6.92 Å². The lowest BCUT2D eigenvalue weighted by Crippen LogP contribution is -2.15. The largest absolute Gasteiger partial charge is 0.459 e. The van der Waals surface area contributed by atoms with Gasteiger partial charge in [0.25, 0.3) is 17.5 Å². The topological polar surface area (TPSA) is 114 Å². The van der Waals surface area contributed by atoms with Crippen molar-refractivity contribution in [1.29, 1.82) is 0 Å². The molecule has 1 heterocycles. The van der Waals surface area contributed by atoms with Crippen LogP contribution >= 0.6 is 0 Å². The van der Waals surface area contributed by atoms with E-state index in [-0.39, 0.29) is 22.7 Å². The number of nitro benzene ring substituents is 1. The second-order valence-corrected chi connectivity index (χ2v) is 5.74. The van der Waals surface area contributed by atoms with Crippen LogP contribution in [0.1, 0.15) is 26.5 Å². The molecular formula is C19H15N3O5. The van der Waals surface area contributed by atoms with E-state index in [2.05, 4.69) is 10.6 Å². The van der Waals surface area contributed by atoms with Gasteiger partial charge in [-0.3, -0.25) is 19.7 Å². The molecule has 3 rings (SSSR count). The van der Waals surface area contributed by atoms with Crippen LogP contribution < -0.4 is 10.6 Å². The summed E-state index contributed by atoms with van der Waals surface area (Å²) in [6, 6.07) is 13.9. The lowest BCUT2D eigenvalue weighted by molar-refractivity contribution is -0.384. The SMILES string of the molecule is Cc1ccc(NC(=O)c2cccc(NC(=O)c3ccco3)c2)c([N+](=O)[O-])c1. The number of hydrogen-bond donors (Lipinski definition) is 2. The minimum atomic E-state index is -0.553. The highest BCUT2D eigenvalue weighted by molar-refractivity contribution is 6.07. The molecule has 8 heteroatoms. The van der Waals surface area contributed by atoms with Gasteiger partial charge in [0.2, 0.25) is 0 Å². The number of nitrogens with one attached hydrogen (secondary N) is 2. The van der Waals surface area contributed by atoms with E-state index in [0.29, 0.717) is 11.3 Å². The molecule has 0 aliphatic heterocycles. The predicted molar refractivity (Wildman–Crippen MR) is 98.9 cm³/mol. The van der Waals surface area contributed by atoms with Crippen molar-refractivity contribution in [3.05, 3.63) is 87.9 Å². The average molecular weight is 365 g/mol. The Hall–Kier alpha value is -3.94. The first kappa shape index (κ1) is 17.9. The summed E-state index contributed by atoms with van der Waals surface area (Å²) in [6.07, 6.45) is 1.38. The predicted octanol–water partition coefficient (Wildman–Crippen LogP) is 4.00. The van der Waals surface area contributed by atoms with E-state index in [4.69, 9.17) is 4.42 Å². The van der Waals surface area contributed by atoms with Crippen LogP contribution in [-0.2, 0) is 0 Å². The van der Waals surface area contributed by atoms with Gasteiger partial charge in [-0.15, -0.1) is 0 Å². The quantitative estimate of drug-likeness (QED) is 0.524. The van der Waals surface area contributed by atoms with Crippen LogP contribution in [0, 0.1) is 17.0 Å². The molecule has 2 aromatic carbocycles. The Kier molecular flexibility index (Phi) is 4.98. The molecule has 136 valence electrons. The number of aryl methyl sites for hydroxylation is 1. The number of rotatable bonds is 5. The van der Waals surface area contributed by atoms with Gasteiger partial charge < -0.3 is 15.1 Å². The molecule has 1 aromatic heterocycles. The number of nitrogens with zero attached hydrogens (tertiary/aromatic N) is 1. The number of benzene rings is 2. The van der Waals surface area contributed by atoms with Crippen LogP contribution in [0.15, 0.2) is 65.3 Å². The summed E-state index contributed by atoms with van der Waals surface area (Å²) in [5.41, 5.74) is 1.25. The normalized spacial score (nSPS) is 10.3. The van der Waals surface area contributed by atoms with Gasteiger partial charge in [0.15, 0.2) is 5.76 Å². The zero-order valence-electron chi connectivity index (χ0n) is 14.3. The maximum Gasteiger partial charge on any atom is 0.293 e. The molecule has 2 amide bonds. The Morgan fingerprint density at radius 2 is 1.81 bits per heavy atom. The van der Waals surface area contributed by atoms with E-state index in [9.17, 15) is 19.7 Å². The zero-order valence-corrected chi connectivity index (χ0v) is 14.3. The van der Waals surface area contributed by atoms with Gasteiger partial charge in [0.05, 0.1) is 11.2 Å². The molecule has 27 heavy (non-hydrogen) atoms. The van der Waals surface area contributed by atoms with Gasteiger partial charge in [-0.25, -0.2) is 0 Å². The monoisotopic (exact) mass is 365 g/mol. The fourth-order valence-corrected chi connectivity index (χ4v) is 2.43. The smallest absolute Gasteiger partial charge is 0.293 e. The summed E-state index contributed by atoms with van der Waals surface area (Å²) in [7, 11) is 0. The summed E-state index contributed by atoms with van der Waals surface area (Å²) in [5, 5.41) is 16.3. The van der Waals surface area contributed by atoms with Gasteiger partial charge in [0, 0.05) is 17.3 Å². The second kappa shape index (κ2) is 7.52. The number of carbonyl (C=O) groups excluding carboxylic acids is 2. The minimum absolute atomic E-state index is 0.0978. The first-order valence-corrected chi connectivity index (χ1v) is 7.95. The van der Waals surface area contributed by atoms with Crippen molar-refractivity contribution in [3.63, 3.8) is 0 Å². The fraction of sp³-hybridized carbons (Fsp3) is 0.0526. The van der Waals surface area contributed by atoms with E-state index in [1.54, 1.807) is 31.2 Å². The highest BCUT2D eigenvalue weighted by atomic mass is 16.6. The van der Waals surface area contributed by atoms with Crippen LogP contribution in [-0.4, -0.2) is 16.7 Å². The van der Waals surface area contributed by atoms with Crippen LogP contribution in [0.5, 0.6) is 0 Å². The minimum Gasteiger partial charge on any atom is -0.459 e. The zero-order chi connectivity index (χ0) is 19.4. The first-order chi connectivity index (χ1) is 12.9. The molecule has 0 fully saturated rings. The summed E-state index contributed by atoms with van der Waals surface area (Å²) < 4.78 is 5.01. The molecule has 0 bridgehead atoms. The molecule has 0 unspecified atom stereocenters. The lowest BCUT2D eigenvalue weighted by Gasteiger charge is -2.08. The number of furan rings is 1. The summed E-state index contributed by atoms with van der Waals surface area (Å²) in [6.45, 7) is 1.73. The van der Waals surface area contributed by atoms with Gasteiger partial charge in [0.1, 0.15) is 5.69 Å². The number of anilines is 2. The average Bonchev–Trinajstić information content (AvgIpc) is 3.18. The second-order valence-electron chi connectivity index (χ2n) is 5.74. The van der Waals surface area contributed by atoms with Gasteiger partial charge in [-0.2, -0.15) is 0 Å². The molecule has 0 atom stereocenters. The maximum atomic E-state index is 12.5. The van der Waals surface area contributed by atoms with Crippen molar-refractivity contribution in [3.8, 4) is 0 Å². The number of nitro groups is 1. The Labute approximate surface area is 154 Å². The Morgan fingerprint density at radius 3 is 2.52 bits per heavy atom.